The van der Waals surface area contributed by atoms with Gasteiger partial charge in [-0.2, -0.15) is 0 Å². The molecule has 0 atom stereocenters. The van der Waals surface area contributed by atoms with Crippen LogP contribution in [0.1, 0.15) is 38.5 Å². The smallest absolute Gasteiger partial charge is 0.137 e. The second-order valence-electron chi connectivity index (χ2n) is 5.09. The fourth-order valence-electron chi connectivity index (χ4n) is 2.61. The van der Waals surface area contributed by atoms with E-state index in [2.05, 4.69) is 5.32 Å². The van der Waals surface area contributed by atoms with Crippen LogP contribution < -0.4 is 10.1 Å². The van der Waals surface area contributed by atoms with Gasteiger partial charge in [0, 0.05) is 12.2 Å². The van der Waals surface area contributed by atoms with Gasteiger partial charge in [-0.1, -0.05) is 37.3 Å². The fraction of sp³-hybridized carbons (Fsp3) is 0.600. The summed E-state index contributed by atoms with van der Waals surface area (Å²) in [5, 5.41) is 4.16. The Morgan fingerprint density at radius 1 is 1.22 bits per heavy atom. The topological polar surface area (TPSA) is 21.3 Å². The number of methoxy groups -OCH3 is 1. The number of halogens is 1. The summed E-state index contributed by atoms with van der Waals surface area (Å²) in [6, 6.07) is 5.89. The third-order valence-corrected chi connectivity index (χ3v) is 4.02. The Kier molecular flexibility index (Phi) is 5.18. The molecule has 1 aromatic carbocycles. The second kappa shape index (κ2) is 6.89. The maximum absolute atomic E-state index is 6.11. The highest BCUT2D eigenvalue weighted by atomic mass is 35.5. The molecular formula is C15H22ClNO. The maximum atomic E-state index is 6.11. The summed E-state index contributed by atoms with van der Waals surface area (Å²) in [5.41, 5.74) is 1.09. The number of rotatable bonds is 4. The molecule has 0 amide bonds. The predicted molar refractivity (Wildman–Crippen MR) is 77.7 cm³/mol. The molecule has 2 rings (SSSR count). The SMILES string of the molecule is COc1ccc(NCC2CCCCCC2)cc1Cl. The summed E-state index contributed by atoms with van der Waals surface area (Å²) in [6.45, 7) is 1.06. The fourth-order valence-corrected chi connectivity index (χ4v) is 2.86. The van der Waals surface area contributed by atoms with Crippen LogP contribution in [-0.4, -0.2) is 13.7 Å². The molecular weight excluding hydrogens is 246 g/mol. The van der Waals surface area contributed by atoms with E-state index in [9.17, 15) is 0 Å². The normalized spacial score (nSPS) is 17.2. The summed E-state index contributed by atoms with van der Waals surface area (Å²) in [6.07, 6.45) is 8.30. The van der Waals surface area contributed by atoms with Gasteiger partial charge < -0.3 is 10.1 Å². The van der Waals surface area contributed by atoms with Gasteiger partial charge in [-0.15, -0.1) is 0 Å². The van der Waals surface area contributed by atoms with Crippen molar-refractivity contribution in [3.05, 3.63) is 23.2 Å². The van der Waals surface area contributed by atoms with Crippen LogP contribution in [0.4, 0.5) is 5.69 Å². The lowest BCUT2D eigenvalue weighted by Crippen LogP contribution is -2.13. The van der Waals surface area contributed by atoms with Crippen LogP contribution in [0.2, 0.25) is 5.02 Å². The molecule has 0 radical (unpaired) electrons. The van der Waals surface area contributed by atoms with Gasteiger partial charge in [-0.25, -0.2) is 0 Å². The van der Waals surface area contributed by atoms with Gasteiger partial charge in [0.15, 0.2) is 0 Å². The van der Waals surface area contributed by atoms with E-state index < -0.39 is 0 Å². The molecule has 100 valence electrons. The number of hydrogen-bond acceptors (Lipinski definition) is 2. The average Bonchev–Trinajstić information content (AvgIpc) is 2.65. The Balaban J connectivity index is 1.87. The summed E-state index contributed by atoms with van der Waals surface area (Å²) in [7, 11) is 1.64. The molecule has 1 aliphatic rings. The van der Waals surface area contributed by atoms with Crippen molar-refractivity contribution in [2.75, 3.05) is 19.0 Å². The van der Waals surface area contributed by atoms with Gasteiger partial charge in [0.1, 0.15) is 5.75 Å². The van der Waals surface area contributed by atoms with E-state index in [0.29, 0.717) is 5.02 Å². The number of nitrogens with one attached hydrogen (secondary N) is 1. The number of hydrogen-bond donors (Lipinski definition) is 1. The van der Waals surface area contributed by atoms with E-state index in [0.717, 1.165) is 23.9 Å². The lowest BCUT2D eigenvalue weighted by Gasteiger charge is -2.16. The number of benzene rings is 1. The van der Waals surface area contributed by atoms with E-state index in [4.69, 9.17) is 16.3 Å². The zero-order valence-electron chi connectivity index (χ0n) is 11.0. The van der Waals surface area contributed by atoms with Crippen LogP contribution in [0.5, 0.6) is 5.75 Å². The Hall–Kier alpha value is -0.890. The standard InChI is InChI=1S/C15H22ClNO/c1-18-15-9-8-13(10-14(15)16)17-11-12-6-4-2-3-5-7-12/h8-10,12,17H,2-7,11H2,1H3. The molecule has 0 unspecified atom stereocenters. The second-order valence-corrected chi connectivity index (χ2v) is 5.50. The molecule has 1 aromatic rings. The van der Waals surface area contributed by atoms with Gasteiger partial charge in [-0.3, -0.25) is 0 Å². The minimum atomic E-state index is 0.670. The minimum Gasteiger partial charge on any atom is -0.495 e. The molecule has 0 aromatic heterocycles. The minimum absolute atomic E-state index is 0.670. The van der Waals surface area contributed by atoms with Crippen LogP contribution in [0.15, 0.2) is 18.2 Å². The van der Waals surface area contributed by atoms with E-state index >= 15 is 0 Å². The largest absolute Gasteiger partial charge is 0.495 e. The number of anilines is 1. The van der Waals surface area contributed by atoms with Gasteiger partial charge in [0.05, 0.1) is 12.1 Å². The molecule has 18 heavy (non-hydrogen) atoms. The van der Waals surface area contributed by atoms with Crippen molar-refractivity contribution in [3.63, 3.8) is 0 Å². The van der Waals surface area contributed by atoms with Crippen molar-refractivity contribution in [2.45, 2.75) is 38.5 Å². The molecule has 1 saturated carbocycles. The Morgan fingerprint density at radius 3 is 2.56 bits per heavy atom. The number of ether oxygens (including phenoxy) is 1. The first kappa shape index (κ1) is 13.5. The first-order valence-corrected chi connectivity index (χ1v) is 7.25. The molecule has 2 nitrogen and oxygen atoms in total. The lowest BCUT2D eigenvalue weighted by molar-refractivity contribution is 0.415. The van der Waals surface area contributed by atoms with E-state index in [1.54, 1.807) is 7.11 Å². The van der Waals surface area contributed by atoms with E-state index in [-0.39, 0.29) is 0 Å². The highest BCUT2D eigenvalue weighted by molar-refractivity contribution is 6.32. The van der Waals surface area contributed by atoms with Crippen LogP contribution in [0, 0.1) is 5.92 Å². The van der Waals surface area contributed by atoms with Crippen molar-refractivity contribution < 1.29 is 4.74 Å². The maximum Gasteiger partial charge on any atom is 0.137 e. The molecule has 0 aliphatic heterocycles. The molecule has 0 spiro atoms. The van der Waals surface area contributed by atoms with Crippen LogP contribution >= 0.6 is 11.6 Å². The van der Waals surface area contributed by atoms with Crippen LogP contribution in [0.3, 0.4) is 0 Å². The lowest BCUT2D eigenvalue weighted by atomic mass is 10.0. The van der Waals surface area contributed by atoms with Gasteiger partial charge in [0.2, 0.25) is 0 Å². The first-order chi connectivity index (χ1) is 8.79. The highest BCUT2D eigenvalue weighted by Crippen LogP contribution is 2.28. The molecule has 1 fully saturated rings. The van der Waals surface area contributed by atoms with E-state index in [1.165, 1.54) is 38.5 Å². The van der Waals surface area contributed by atoms with Crippen LogP contribution in [-0.2, 0) is 0 Å². The molecule has 0 heterocycles. The van der Waals surface area contributed by atoms with Crippen molar-refractivity contribution in [1.82, 2.24) is 0 Å². The first-order valence-electron chi connectivity index (χ1n) is 6.87. The molecule has 0 saturated heterocycles. The summed E-state index contributed by atoms with van der Waals surface area (Å²) in [4.78, 5) is 0. The molecule has 3 heteroatoms. The molecule has 0 bridgehead atoms. The summed E-state index contributed by atoms with van der Waals surface area (Å²) in [5.74, 6) is 1.55. The van der Waals surface area contributed by atoms with Crippen LogP contribution in [0.25, 0.3) is 0 Å². The highest BCUT2D eigenvalue weighted by Gasteiger charge is 2.12. The predicted octanol–water partition coefficient (Wildman–Crippen LogP) is 4.73. The third-order valence-electron chi connectivity index (χ3n) is 3.72. The van der Waals surface area contributed by atoms with Crippen molar-refractivity contribution in [2.24, 2.45) is 5.92 Å². The van der Waals surface area contributed by atoms with Crippen molar-refractivity contribution in [3.8, 4) is 5.75 Å². The summed E-state index contributed by atoms with van der Waals surface area (Å²) < 4.78 is 5.15. The Labute approximate surface area is 115 Å². The van der Waals surface area contributed by atoms with Gasteiger partial charge in [0.25, 0.3) is 0 Å². The zero-order valence-corrected chi connectivity index (χ0v) is 11.8. The average molecular weight is 268 g/mol. The Bertz CT molecular complexity index is 373. The van der Waals surface area contributed by atoms with Gasteiger partial charge >= 0.3 is 0 Å². The van der Waals surface area contributed by atoms with Gasteiger partial charge in [-0.05, 0) is 37.0 Å². The van der Waals surface area contributed by atoms with Crippen molar-refractivity contribution >= 4 is 17.3 Å². The molecule has 1 N–H and O–H groups in total. The van der Waals surface area contributed by atoms with E-state index in [1.807, 2.05) is 18.2 Å². The van der Waals surface area contributed by atoms with Crippen molar-refractivity contribution in [1.29, 1.82) is 0 Å². The quantitative estimate of drug-likeness (QED) is 0.796. The molecule has 1 aliphatic carbocycles. The third kappa shape index (κ3) is 3.81. The monoisotopic (exact) mass is 267 g/mol. The summed E-state index contributed by atoms with van der Waals surface area (Å²) >= 11 is 6.11. The Morgan fingerprint density at radius 2 is 1.94 bits per heavy atom. The zero-order chi connectivity index (χ0) is 12.8.